The van der Waals surface area contributed by atoms with Gasteiger partial charge in [-0.15, -0.1) is 0 Å². The summed E-state index contributed by atoms with van der Waals surface area (Å²) in [6.45, 7) is 0.659. The fraction of sp³-hybridized carbons (Fsp3) is 0.0625. The van der Waals surface area contributed by atoms with Gasteiger partial charge in [0.1, 0.15) is 0 Å². The van der Waals surface area contributed by atoms with Gasteiger partial charge in [-0.2, -0.15) is 5.10 Å². The maximum absolute atomic E-state index is 11.9. The van der Waals surface area contributed by atoms with E-state index in [9.17, 15) is 4.79 Å². The lowest BCUT2D eigenvalue weighted by molar-refractivity contribution is 0.262. The van der Waals surface area contributed by atoms with E-state index in [4.69, 9.17) is 0 Å². The standard InChI is InChI=1S/C16H15N5O/c22-16(19-14-7-4-8-17-9-14)20-15-10-18-21(12-15)11-13-5-2-1-3-6-13/h1-10,12H,11H2,(H2,19,20,22). The van der Waals surface area contributed by atoms with Gasteiger partial charge in [-0.25, -0.2) is 4.79 Å². The number of pyridine rings is 1. The summed E-state index contributed by atoms with van der Waals surface area (Å²) in [6, 6.07) is 13.2. The van der Waals surface area contributed by atoms with Gasteiger partial charge in [0.15, 0.2) is 0 Å². The van der Waals surface area contributed by atoms with E-state index in [1.165, 1.54) is 0 Å². The molecule has 2 N–H and O–H groups in total. The van der Waals surface area contributed by atoms with Crippen molar-refractivity contribution in [1.29, 1.82) is 0 Å². The van der Waals surface area contributed by atoms with Gasteiger partial charge in [0.2, 0.25) is 0 Å². The van der Waals surface area contributed by atoms with Crippen molar-refractivity contribution >= 4 is 17.4 Å². The van der Waals surface area contributed by atoms with Crippen molar-refractivity contribution in [3.05, 3.63) is 72.8 Å². The normalized spacial score (nSPS) is 10.2. The average Bonchev–Trinajstić information content (AvgIpc) is 2.96. The summed E-state index contributed by atoms with van der Waals surface area (Å²) in [4.78, 5) is 15.8. The first-order valence-corrected chi connectivity index (χ1v) is 6.84. The minimum atomic E-state index is -0.327. The predicted octanol–water partition coefficient (Wildman–Crippen LogP) is 2.97. The third-order valence-electron chi connectivity index (χ3n) is 3.00. The summed E-state index contributed by atoms with van der Waals surface area (Å²) in [5, 5.41) is 9.67. The van der Waals surface area contributed by atoms with Gasteiger partial charge in [0.05, 0.1) is 30.3 Å². The van der Waals surface area contributed by atoms with Gasteiger partial charge in [-0.05, 0) is 17.7 Å². The summed E-state index contributed by atoms with van der Waals surface area (Å²) in [7, 11) is 0. The van der Waals surface area contributed by atoms with Crippen LogP contribution in [0.25, 0.3) is 0 Å². The van der Waals surface area contributed by atoms with Crippen LogP contribution in [0.2, 0.25) is 0 Å². The minimum absolute atomic E-state index is 0.327. The molecule has 0 saturated heterocycles. The van der Waals surface area contributed by atoms with Crippen molar-refractivity contribution < 1.29 is 4.79 Å². The molecule has 110 valence electrons. The molecule has 0 unspecified atom stereocenters. The van der Waals surface area contributed by atoms with Crippen molar-refractivity contribution in [3.63, 3.8) is 0 Å². The molecule has 6 heteroatoms. The number of benzene rings is 1. The van der Waals surface area contributed by atoms with Crippen molar-refractivity contribution in [2.75, 3.05) is 10.6 Å². The Kier molecular flexibility index (Phi) is 4.10. The van der Waals surface area contributed by atoms with Crippen LogP contribution < -0.4 is 10.6 Å². The Morgan fingerprint density at radius 1 is 1.00 bits per heavy atom. The van der Waals surface area contributed by atoms with Gasteiger partial charge in [-0.1, -0.05) is 30.3 Å². The van der Waals surface area contributed by atoms with E-state index in [2.05, 4.69) is 20.7 Å². The number of nitrogens with one attached hydrogen (secondary N) is 2. The maximum atomic E-state index is 11.9. The number of carbonyl (C=O) groups excluding carboxylic acids is 1. The van der Waals surface area contributed by atoms with Crippen molar-refractivity contribution in [1.82, 2.24) is 14.8 Å². The maximum Gasteiger partial charge on any atom is 0.323 e. The first-order chi connectivity index (χ1) is 10.8. The van der Waals surface area contributed by atoms with Crippen molar-refractivity contribution in [3.8, 4) is 0 Å². The van der Waals surface area contributed by atoms with Crippen LogP contribution in [-0.4, -0.2) is 20.8 Å². The topological polar surface area (TPSA) is 71.8 Å². The summed E-state index contributed by atoms with van der Waals surface area (Å²) in [6.07, 6.45) is 6.64. The van der Waals surface area contributed by atoms with Crippen LogP contribution in [-0.2, 0) is 6.54 Å². The van der Waals surface area contributed by atoms with Gasteiger partial charge < -0.3 is 10.6 Å². The Bertz CT molecular complexity index is 739. The van der Waals surface area contributed by atoms with Gasteiger partial charge in [0, 0.05) is 12.4 Å². The molecule has 2 heterocycles. The van der Waals surface area contributed by atoms with Crippen LogP contribution in [0.3, 0.4) is 0 Å². The lowest BCUT2D eigenvalue weighted by Gasteiger charge is -2.05. The largest absolute Gasteiger partial charge is 0.323 e. The van der Waals surface area contributed by atoms with Crippen molar-refractivity contribution in [2.45, 2.75) is 6.54 Å². The highest BCUT2D eigenvalue weighted by Crippen LogP contribution is 2.09. The SMILES string of the molecule is O=C(Nc1cccnc1)Nc1cnn(Cc2ccccc2)c1. The van der Waals surface area contributed by atoms with Crippen LogP contribution in [0, 0.1) is 0 Å². The second kappa shape index (κ2) is 6.53. The lowest BCUT2D eigenvalue weighted by Crippen LogP contribution is -2.19. The molecule has 22 heavy (non-hydrogen) atoms. The molecule has 0 aliphatic carbocycles. The number of rotatable bonds is 4. The number of nitrogens with zero attached hydrogens (tertiary/aromatic N) is 3. The number of carbonyl (C=O) groups is 1. The molecular formula is C16H15N5O. The molecule has 2 amide bonds. The number of urea groups is 1. The quantitative estimate of drug-likeness (QED) is 0.776. The van der Waals surface area contributed by atoms with Gasteiger partial charge in [-0.3, -0.25) is 9.67 Å². The van der Waals surface area contributed by atoms with Crippen LogP contribution in [0.15, 0.2) is 67.3 Å². The van der Waals surface area contributed by atoms with E-state index >= 15 is 0 Å². The fourth-order valence-electron chi connectivity index (χ4n) is 2.02. The summed E-state index contributed by atoms with van der Waals surface area (Å²) in [5.41, 5.74) is 2.42. The third-order valence-corrected chi connectivity index (χ3v) is 3.00. The molecule has 2 aromatic heterocycles. The third kappa shape index (κ3) is 3.69. The molecule has 1 aromatic carbocycles. The van der Waals surface area contributed by atoms with E-state index < -0.39 is 0 Å². The van der Waals surface area contributed by atoms with E-state index in [-0.39, 0.29) is 6.03 Å². The molecule has 0 aliphatic rings. The second-order valence-corrected chi connectivity index (χ2v) is 4.73. The predicted molar refractivity (Wildman–Crippen MR) is 84.6 cm³/mol. The molecular weight excluding hydrogens is 278 g/mol. The number of anilines is 2. The molecule has 0 bridgehead atoms. The highest BCUT2D eigenvalue weighted by molar-refractivity contribution is 5.99. The number of amides is 2. The minimum Gasteiger partial charge on any atom is -0.306 e. The van der Waals surface area contributed by atoms with Crippen LogP contribution >= 0.6 is 0 Å². The molecule has 3 aromatic rings. The van der Waals surface area contributed by atoms with E-state index in [1.54, 1.807) is 41.6 Å². The molecule has 0 radical (unpaired) electrons. The average molecular weight is 293 g/mol. The van der Waals surface area contributed by atoms with E-state index in [0.29, 0.717) is 17.9 Å². The summed E-state index contributed by atoms with van der Waals surface area (Å²) >= 11 is 0. The number of hydrogen-bond acceptors (Lipinski definition) is 3. The molecule has 3 rings (SSSR count). The van der Waals surface area contributed by atoms with Crippen LogP contribution in [0.1, 0.15) is 5.56 Å². The van der Waals surface area contributed by atoms with E-state index in [0.717, 1.165) is 5.56 Å². The lowest BCUT2D eigenvalue weighted by atomic mass is 10.2. The van der Waals surface area contributed by atoms with Gasteiger partial charge in [0.25, 0.3) is 0 Å². The monoisotopic (exact) mass is 293 g/mol. The Morgan fingerprint density at radius 3 is 2.59 bits per heavy atom. The Labute approximate surface area is 127 Å². The zero-order valence-corrected chi connectivity index (χ0v) is 11.8. The number of hydrogen-bond donors (Lipinski definition) is 2. The van der Waals surface area contributed by atoms with Crippen LogP contribution in [0.4, 0.5) is 16.2 Å². The van der Waals surface area contributed by atoms with Gasteiger partial charge >= 0.3 is 6.03 Å². The highest BCUT2D eigenvalue weighted by atomic mass is 16.2. The fourth-order valence-corrected chi connectivity index (χ4v) is 2.02. The van der Waals surface area contributed by atoms with Crippen molar-refractivity contribution in [2.24, 2.45) is 0 Å². The van der Waals surface area contributed by atoms with Crippen LogP contribution in [0.5, 0.6) is 0 Å². The zero-order valence-electron chi connectivity index (χ0n) is 11.8. The number of aromatic nitrogens is 3. The highest BCUT2D eigenvalue weighted by Gasteiger charge is 2.05. The summed E-state index contributed by atoms with van der Waals surface area (Å²) < 4.78 is 1.77. The smallest absolute Gasteiger partial charge is 0.306 e. The summed E-state index contributed by atoms with van der Waals surface area (Å²) in [5.74, 6) is 0. The first-order valence-electron chi connectivity index (χ1n) is 6.84. The molecule has 6 nitrogen and oxygen atoms in total. The molecule has 0 saturated carbocycles. The molecule has 0 fully saturated rings. The Balaban J connectivity index is 1.58. The zero-order chi connectivity index (χ0) is 15.2. The Morgan fingerprint density at radius 2 is 1.82 bits per heavy atom. The molecule has 0 aliphatic heterocycles. The molecule has 0 atom stereocenters. The molecule has 0 spiro atoms. The second-order valence-electron chi connectivity index (χ2n) is 4.73. The Hall–Kier alpha value is -3.15. The first kappa shape index (κ1) is 13.8. The van der Waals surface area contributed by atoms with E-state index in [1.807, 2.05) is 30.3 Å².